The molecule has 0 saturated carbocycles. The highest BCUT2D eigenvalue weighted by atomic mass is 19.3. The number of halogens is 2. The van der Waals surface area contributed by atoms with Gasteiger partial charge >= 0.3 is 6.61 Å². The van der Waals surface area contributed by atoms with Crippen LogP contribution in [-0.2, 0) is 11.3 Å². The van der Waals surface area contributed by atoms with Crippen molar-refractivity contribution < 1.29 is 18.3 Å². The first-order valence-corrected chi connectivity index (χ1v) is 6.53. The normalized spacial score (nSPS) is 11.3. The summed E-state index contributed by atoms with van der Waals surface area (Å²) in [6.07, 6.45) is 0. The smallest absolute Gasteiger partial charge is 0.387 e. The maximum Gasteiger partial charge on any atom is 0.387 e. The lowest BCUT2D eigenvalue weighted by Gasteiger charge is -2.17. The van der Waals surface area contributed by atoms with Crippen molar-refractivity contribution in [2.75, 3.05) is 40.4 Å². The minimum absolute atomic E-state index is 0.188. The Hall–Kier alpha value is -1.24. The van der Waals surface area contributed by atoms with Crippen molar-refractivity contribution in [2.45, 2.75) is 13.2 Å². The molecule has 4 nitrogen and oxygen atoms in total. The zero-order valence-corrected chi connectivity index (χ0v) is 11.9. The first-order chi connectivity index (χ1) is 9.61. The van der Waals surface area contributed by atoms with Gasteiger partial charge in [0.05, 0.1) is 6.61 Å². The van der Waals surface area contributed by atoms with Crippen molar-refractivity contribution >= 4 is 0 Å². The van der Waals surface area contributed by atoms with Gasteiger partial charge in [0.2, 0.25) is 0 Å². The average Bonchev–Trinajstić information content (AvgIpc) is 2.40. The second-order valence-corrected chi connectivity index (χ2v) is 4.50. The van der Waals surface area contributed by atoms with E-state index in [9.17, 15) is 8.78 Å². The highest BCUT2D eigenvalue weighted by Gasteiger charge is 2.04. The summed E-state index contributed by atoms with van der Waals surface area (Å²) in [6.45, 7) is 1.31. The molecule has 1 aromatic rings. The van der Waals surface area contributed by atoms with Crippen molar-refractivity contribution in [1.29, 1.82) is 0 Å². The van der Waals surface area contributed by atoms with E-state index >= 15 is 0 Å². The van der Waals surface area contributed by atoms with Gasteiger partial charge in [0.1, 0.15) is 5.75 Å². The molecule has 0 fully saturated rings. The summed E-state index contributed by atoms with van der Waals surface area (Å²) in [5, 5.41) is 3.26. The van der Waals surface area contributed by atoms with Gasteiger partial charge < -0.3 is 19.7 Å². The van der Waals surface area contributed by atoms with E-state index in [1.807, 2.05) is 7.05 Å². The fraction of sp³-hybridized carbons (Fsp3) is 0.571. The first-order valence-electron chi connectivity index (χ1n) is 6.53. The number of hydrogen-bond acceptors (Lipinski definition) is 4. The molecule has 0 atom stereocenters. The van der Waals surface area contributed by atoms with Gasteiger partial charge in [-0.1, -0.05) is 12.1 Å². The maximum atomic E-state index is 12.0. The molecule has 0 bridgehead atoms. The summed E-state index contributed by atoms with van der Waals surface area (Å²) in [7, 11) is 3.69. The third-order valence-corrected chi connectivity index (χ3v) is 2.75. The topological polar surface area (TPSA) is 33.7 Å². The number of hydrogen-bond donors (Lipinski definition) is 1. The van der Waals surface area contributed by atoms with E-state index in [2.05, 4.69) is 15.0 Å². The predicted octanol–water partition coefficient (Wildman–Crippen LogP) is 1.96. The summed E-state index contributed by atoms with van der Waals surface area (Å²) in [4.78, 5) is 2.16. The Morgan fingerprint density at radius 1 is 1.20 bits per heavy atom. The van der Waals surface area contributed by atoms with E-state index in [0.717, 1.165) is 31.7 Å². The van der Waals surface area contributed by atoms with Crippen molar-refractivity contribution in [2.24, 2.45) is 0 Å². The minimum Gasteiger partial charge on any atom is -0.435 e. The van der Waals surface area contributed by atoms with Crippen LogP contribution in [0.5, 0.6) is 5.75 Å². The van der Waals surface area contributed by atoms with Gasteiger partial charge in [0.15, 0.2) is 0 Å². The fourth-order valence-corrected chi connectivity index (χ4v) is 1.74. The molecule has 1 N–H and O–H groups in total. The van der Waals surface area contributed by atoms with Crippen molar-refractivity contribution in [3.05, 3.63) is 29.8 Å². The fourth-order valence-electron chi connectivity index (χ4n) is 1.74. The summed E-state index contributed by atoms with van der Waals surface area (Å²) in [6, 6.07) is 6.72. The predicted molar refractivity (Wildman–Crippen MR) is 74.2 cm³/mol. The van der Waals surface area contributed by atoms with E-state index in [0.29, 0.717) is 6.61 Å². The molecule has 0 heterocycles. The number of alkyl halides is 2. The lowest BCUT2D eigenvalue weighted by Crippen LogP contribution is -2.30. The van der Waals surface area contributed by atoms with Gasteiger partial charge in [-0.25, -0.2) is 0 Å². The highest BCUT2D eigenvalue weighted by Crippen LogP contribution is 2.15. The monoisotopic (exact) mass is 288 g/mol. The third kappa shape index (κ3) is 7.37. The molecule has 0 aromatic heterocycles. The molecular weight excluding hydrogens is 266 g/mol. The van der Waals surface area contributed by atoms with Crippen LogP contribution in [0.15, 0.2) is 24.3 Å². The molecule has 0 aliphatic heterocycles. The van der Waals surface area contributed by atoms with Crippen molar-refractivity contribution in [1.82, 2.24) is 10.2 Å². The molecule has 0 amide bonds. The van der Waals surface area contributed by atoms with Gasteiger partial charge in [-0.3, -0.25) is 0 Å². The first kappa shape index (κ1) is 16.8. The van der Waals surface area contributed by atoms with E-state index < -0.39 is 6.61 Å². The zero-order chi connectivity index (χ0) is 14.8. The molecule has 0 radical (unpaired) electrons. The molecule has 0 aliphatic rings. The van der Waals surface area contributed by atoms with Crippen LogP contribution in [-0.4, -0.2) is 51.9 Å². The molecule has 1 rings (SSSR count). The Kier molecular flexibility index (Phi) is 8.10. The average molecular weight is 288 g/mol. The third-order valence-electron chi connectivity index (χ3n) is 2.75. The molecule has 0 saturated heterocycles. The Morgan fingerprint density at radius 3 is 2.50 bits per heavy atom. The largest absolute Gasteiger partial charge is 0.435 e. The minimum atomic E-state index is -2.78. The lowest BCUT2D eigenvalue weighted by molar-refractivity contribution is -0.0498. The molecule has 20 heavy (non-hydrogen) atoms. The van der Waals surface area contributed by atoms with Crippen LogP contribution < -0.4 is 10.1 Å². The SMILES string of the molecule is COCCNCCN(C)Cc1ccc(OC(F)F)cc1. The van der Waals surface area contributed by atoms with E-state index in [1.54, 1.807) is 31.4 Å². The second kappa shape index (κ2) is 9.63. The van der Waals surface area contributed by atoms with E-state index in [1.165, 1.54) is 0 Å². The number of likely N-dealkylation sites (N-methyl/N-ethyl adjacent to an activating group) is 1. The quantitative estimate of drug-likeness (QED) is 0.667. The molecule has 6 heteroatoms. The lowest BCUT2D eigenvalue weighted by atomic mass is 10.2. The summed E-state index contributed by atoms with van der Waals surface area (Å²) in [5.74, 6) is 0.188. The van der Waals surface area contributed by atoms with Gasteiger partial charge in [-0.15, -0.1) is 0 Å². The van der Waals surface area contributed by atoms with Crippen LogP contribution in [0.1, 0.15) is 5.56 Å². The highest BCUT2D eigenvalue weighted by molar-refractivity contribution is 5.27. The Labute approximate surface area is 118 Å². The Bertz CT molecular complexity index is 361. The molecule has 0 spiro atoms. The summed E-state index contributed by atoms with van der Waals surface area (Å²) >= 11 is 0. The van der Waals surface area contributed by atoms with Gasteiger partial charge in [-0.05, 0) is 24.7 Å². The number of methoxy groups -OCH3 is 1. The molecule has 0 aliphatic carbocycles. The molecule has 1 aromatic carbocycles. The van der Waals surface area contributed by atoms with Gasteiger partial charge in [-0.2, -0.15) is 8.78 Å². The maximum absolute atomic E-state index is 12.0. The van der Waals surface area contributed by atoms with E-state index in [4.69, 9.17) is 4.74 Å². The van der Waals surface area contributed by atoms with Crippen LogP contribution >= 0.6 is 0 Å². The molecule has 0 unspecified atom stereocenters. The molecule has 114 valence electrons. The second-order valence-electron chi connectivity index (χ2n) is 4.50. The van der Waals surface area contributed by atoms with Crippen LogP contribution in [0.2, 0.25) is 0 Å². The number of nitrogens with zero attached hydrogens (tertiary/aromatic N) is 1. The van der Waals surface area contributed by atoms with Gasteiger partial charge in [0, 0.05) is 33.3 Å². The van der Waals surface area contributed by atoms with E-state index in [-0.39, 0.29) is 5.75 Å². The van der Waals surface area contributed by atoms with Crippen LogP contribution in [0.25, 0.3) is 0 Å². The van der Waals surface area contributed by atoms with Crippen molar-refractivity contribution in [3.63, 3.8) is 0 Å². The summed E-state index contributed by atoms with van der Waals surface area (Å²) in [5.41, 5.74) is 1.06. The number of rotatable bonds is 10. The molecular formula is C14H22F2N2O2. The van der Waals surface area contributed by atoms with Crippen LogP contribution in [0.3, 0.4) is 0 Å². The number of ether oxygens (including phenoxy) is 2. The standard InChI is InChI=1S/C14H22F2N2O2/c1-18(9-7-17-8-10-19-2)11-12-3-5-13(6-4-12)20-14(15)16/h3-6,14,17H,7-11H2,1-2H3. The van der Waals surface area contributed by atoms with Crippen molar-refractivity contribution in [3.8, 4) is 5.75 Å². The Morgan fingerprint density at radius 2 is 1.90 bits per heavy atom. The summed E-state index contributed by atoms with van der Waals surface area (Å²) < 4.78 is 33.3. The van der Waals surface area contributed by atoms with Crippen LogP contribution in [0.4, 0.5) is 8.78 Å². The van der Waals surface area contributed by atoms with Crippen LogP contribution in [0, 0.1) is 0 Å². The van der Waals surface area contributed by atoms with Gasteiger partial charge in [0.25, 0.3) is 0 Å². The number of nitrogens with one attached hydrogen (secondary N) is 1. The zero-order valence-electron chi connectivity index (χ0n) is 11.9. The Balaban J connectivity index is 2.25. The number of benzene rings is 1.